The number of halogens is 4. The molecule has 16 heteroatoms. The number of thiophene rings is 1. The van der Waals surface area contributed by atoms with E-state index in [-0.39, 0.29) is 50.9 Å². The number of nitrogens with zero attached hydrogens (tertiary/aromatic N) is 2. The zero-order valence-corrected chi connectivity index (χ0v) is 28.7. The predicted octanol–water partition coefficient (Wildman–Crippen LogP) is 7.13. The summed E-state index contributed by atoms with van der Waals surface area (Å²) in [6, 6.07) is 11.4. The Kier molecular flexibility index (Phi) is 10.1. The fourth-order valence-corrected chi connectivity index (χ4v) is 10.3. The SMILES string of the molecule is Cc1ccc2sc(S(=O)(=O)N3CCS[C@H]3C(=O)O[C@@H](Cc3c(Cl)c[n+]([O-])cc3Cl)c3ccc(OC(F)F)c(OCC4CC4)c3)cc2c1. The average Bonchev–Trinajstić information content (AvgIpc) is 3.50. The third kappa shape index (κ3) is 7.73. The highest BCUT2D eigenvalue weighted by Gasteiger charge is 2.43. The van der Waals surface area contributed by atoms with Crippen molar-refractivity contribution in [2.45, 2.75) is 48.5 Å². The summed E-state index contributed by atoms with van der Waals surface area (Å²) >= 11 is 15.0. The van der Waals surface area contributed by atoms with Gasteiger partial charge in [0.1, 0.15) is 20.4 Å². The molecule has 2 fully saturated rings. The second-order valence-electron chi connectivity index (χ2n) is 11.2. The molecule has 1 saturated carbocycles. The van der Waals surface area contributed by atoms with Crippen molar-refractivity contribution in [1.82, 2.24) is 4.31 Å². The van der Waals surface area contributed by atoms with Gasteiger partial charge in [0.05, 0.1) is 6.61 Å². The van der Waals surface area contributed by atoms with Crippen molar-refractivity contribution < 1.29 is 40.9 Å². The number of thioether (sulfide) groups is 1. The molecular weight excluding hydrogens is 717 g/mol. The molecule has 2 aromatic heterocycles. The fraction of sp³-hybridized carbons (Fsp3) is 0.355. The van der Waals surface area contributed by atoms with Crippen LogP contribution >= 0.6 is 46.3 Å². The van der Waals surface area contributed by atoms with Gasteiger partial charge in [-0.1, -0.05) is 47.0 Å². The number of fused-ring (bicyclic) bond motifs is 1. The zero-order valence-electron chi connectivity index (χ0n) is 24.7. The van der Waals surface area contributed by atoms with Gasteiger partial charge in [0.15, 0.2) is 29.3 Å². The number of hydrogen-bond acceptors (Lipinski definition) is 9. The van der Waals surface area contributed by atoms with Gasteiger partial charge in [0, 0.05) is 29.0 Å². The van der Waals surface area contributed by atoms with Gasteiger partial charge in [-0.15, -0.1) is 23.1 Å². The van der Waals surface area contributed by atoms with Gasteiger partial charge in [-0.25, -0.2) is 13.2 Å². The van der Waals surface area contributed by atoms with Crippen LogP contribution in [-0.2, 0) is 26.0 Å². The molecule has 0 bridgehead atoms. The summed E-state index contributed by atoms with van der Waals surface area (Å²) in [5.74, 6) is -0.359. The third-order valence-corrected chi connectivity index (χ3v) is 13.1. The maximum Gasteiger partial charge on any atom is 0.387 e. The van der Waals surface area contributed by atoms with Gasteiger partial charge in [-0.2, -0.15) is 17.8 Å². The van der Waals surface area contributed by atoms with Crippen molar-refractivity contribution in [3.8, 4) is 11.5 Å². The summed E-state index contributed by atoms with van der Waals surface area (Å²) in [7, 11) is -4.08. The van der Waals surface area contributed by atoms with E-state index < -0.39 is 34.1 Å². The van der Waals surface area contributed by atoms with E-state index >= 15 is 0 Å². The number of aryl methyl sites for hydroxylation is 1. The molecule has 0 spiro atoms. The molecule has 3 heterocycles. The Labute approximate surface area is 287 Å². The van der Waals surface area contributed by atoms with E-state index in [1.54, 1.807) is 6.07 Å². The molecule has 0 unspecified atom stereocenters. The first-order chi connectivity index (χ1) is 22.4. The molecule has 2 aromatic carbocycles. The number of carbonyl (C=O) groups is 1. The number of pyridine rings is 1. The largest absolute Gasteiger partial charge is 0.619 e. The van der Waals surface area contributed by atoms with Crippen molar-refractivity contribution in [1.29, 1.82) is 0 Å². The van der Waals surface area contributed by atoms with Crippen molar-refractivity contribution in [3.63, 3.8) is 0 Å². The lowest BCUT2D eigenvalue weighted by atomic mass is 10.0. The molecule has 1 aliphatic heterocycles. The Hall–Kier alpha value is -2.88. The highest BCUT2D eigenvalue weighted by Crippen LogP contribution is 2.40. The molecule has 0 radical (unpaired) electrons. The van der Waals surface area contributed by atoms with E-state index in [1.807, 2.05) is 25.1 Å². The van der Waals surface area contributed by atoms with Crippen molar-refractivity contribution in [3.05, 3.63) is 86.8 Å². The van der Waals surface area contributed by atoms with Crippen LogP contribution in [-0.4, -0.2) is 49.6 Å². The van der Waals surface area contributed by atoms with Gasteiger partial charge in [0.25, 0.3) is 10.0 Å². The van der Waals surface area contributed by atoms with Crippen LogP contribution < -0.4 is 14.2 Å². The first kappa shape index (κ1) is 34.0. The molecule has 0 N–H and O–H groups in total. The first-order valence-corrected chi connectivity index (χ1v) is 18.6. The number of esters is 1. The number of alkyl halides is 2. The van der Waals surface area contributed by atoms with Crippen LogP contribution in [0.2, 0.25) is 10.0 Å². The van der Waals surface area contributed by atoms with Gasteiger partial charge < -0.3 is 19.4 Å². The Bertz CT molecular complexity index is 1900. The van der Waals surface area contributed by atoms with Gasteiger partial charge in [0.2, 0.25) is 0 Å². The Morgan fingerprint density at radius 2 is 1.85 bits per heavy atom. The number of ether oxygens (including phenoxy) is 3. The predicted molar refractivity (Wildman–Crippen MR) is 176 cm³/mol. The van der Waals surface area contributed by atoms with Crippen LogP contribution in [0.3, 0.4) is 0 Å². The summed E-state index contributed by atoms with van der Waals surface area (Å²) in [6.07, 6.45) is 2.84. The normalized spacial score (nSPS) is 17.7. The van der Waals surface area contributed by atoms with Crippen LogP contribution in [0.4, 0.5) is 8.78 Å². The molecule has 0 amide bonds. The van der Waals surface area contributed by atoms with E-state index in [0.717, 1.165) is 68.3 Å². The topological polar surface area (TPSA) is 109 Å². The van der Waals surface area contributed by atoms with E-state index in [2.05, 4.69) is 4.74 Å². The maximum atomic E-state index is 13.8. The smallest absolute Gasteiger partial charge is 0.387 e. The van der Waals surface area contributed by atoms with Gasteiger partial charge >= 0.3 is 12.6 Å². The number of rotatable bonds is 12. The average molecular weight is 746 g/mol. The lowest BCUT2D eigenvalue weighted by molar-refractivity contribution is -0.605. The molecule has 1 saturated heterocycles. The second kappa shape index (κ2) is 13.9. The maximum absolute atomic E-state index is 13.8. The van der Waals surface area contributed by atoms with Gasteiger partial charge in [-0.05, 0) is 60.9 Å². The zero-order chi connectivity index (χ0) is 33.5. The van der Waals surface area contributed by atoms with Crippen molar-refractivity contribution >= 4 is 72.4 Å². The third-order valence-electron chi connectivity index (χ3n) is 7.70. The minimum Gasteiger partial charge on any atom is -0.619 e. The van der Waals surface area contributed by atoms with Crippen LogP contribution in [0.1, 0.15) is 35.6 Å². The number of carbonyl (C=O) groups excluding carboxylic acids is 1. The number of benzene rings is 2. The second-order valence-corrected chi connectivity index (χ2v) is 16.4. The summed E-state index contributed by atoms with van der Waals surface area (Å²) in [5, 5.41) is 11.5. The molecule has 4 aromatic rings. The van der Waals surface area contributed by atoms with E-state index in [4.69, 9.17) is 32.7 Å². The highest BCUT2D eigenvalue weighted by molar-refractivity contribution is 8.02. The van der Waals surface area contributed by atoms with Gasteiger partial charge in [-0.3, -0.25) is 0 Å². The molecule has 6 rings (SSSR count). The number of hydrogen-bond donors (Lipinski definition) is 0. The van der Waals surface area contributed by atoms with Crippen LogP contribution in [0, 0.1) is 18.0 Å². The van der Waals surface area contributed by atoms with Crippen LogP contribution in [0.15, 0.2) is 59.1 Å². The number of aromatic nitrogens is 1. The van der Waals surface area contributed by atoms with Crippen molar-refractivity contribution in [2.24, 2.45) is 5.92 Å². The summed E-state index contributed by atoms with van der Waals surface area (Å²) in [5.41, 5.74) is 1.60. The molecule has 250 valence electrons. The van der Waals surface area contributed by atoms with Crippen LogP contribution in [0.5, 0.6) is 11.5 Å². The molecular formula is C31H28Cl2F2N2O7S3. The first-order valence-electron chi connectivity index (χ1n) is 14.5. The molecule has 2 aliphatic rings. The lowest BCUT2D eigenvalue weighted by Crippen LogP contribution is -2.40. The monoisotopic (exact) mass is 744 g/mol. The molecule has 47 heavy (non-hydrogen) atoms. The van der Waals surface area contributed by atoms with E-state index in [0.29, 0.717) is 22.0 Å². The van der Waals surface area contributed by atoms with E-state index in [9.17, 15) is 27.2 Å². The Morgan fingerprint density at radius 1 is 1.11 bits per heavy atom. The molecule has 1 aliphatic carbocycles. The summed E-state index contributed by atoms with van der Waals surface area (Å²) in [6.45, 7) is -0.809. The summed E-state index contributed by atoms with van der Waals surface area (Å²) in [4.78, 5) is 13.8. The highest BCUT2D eigenvalue weighted by atomic mass is 35.5. The number of sulfonamides is 1. The fourth-order valence-electron chi connectivity index (χ4n) is 5.13. The molecule has 2 atom stereocenters. The minimum atomic E-state index is -4.08. The minimum absolute atomic E-state index is 0.0100. The Balaban J connectivity index is 1.32. The molecule has 9 nitrogen and oxygen atoms in total. The quantitative estimate of drug-likeness (QED) is 0.0857. The van der Waals surface area contributed by atoms with E-state index in [1.165, 1.54) is 18.2 Å². The standard InChI is InChI=1S/C31H28Cl2F2N2O7S3/c1-17-2-7-27-20(10-17)12-28(46-27)47(40,41)37-8-9-45-29(37)30(38)43-25(13-21-22(32)14-36(39)15-23(21)33)19-5-6-24(44-31(34)35)26(11-19)42-16-18-3-4-18/h2,5-7,10-12,14-15,18,25,29,31H,3-4,8-9,13,16H2,1H3/t25-,29-/m0/s1. The van der Waals surface area contributed by atoms with Crippen molar-refractivity contribution in [2.75, 3.05) is 18.9 Å². The Morgan fingerprint density at radius 3 is 2.55 bits per heavy atom. The summed E-state index contributed by atoms with van der Waals surface area (Å²) < 4.78 is 73.0. The lowest BCUT2D eigenvalue weighted by Gasteiger charge is -2.25. The van der Waals surface area contributed by atoms with Crippen LogP contribution in [0.25, 0.3) is 10.1 Å².